The fourth-order valence-electron chi connectivity index (χ4n) is 3.00. The van der Waals surface area contributed by atoms with Gasteiger partial charge in [-0.2, -0.15) is 0 Å². The summed E-state index contributed by atoms with van der Waals surface area (Å²) in [5.74, 6) is 0.549. The quantitative estimate of drug-likeness (QED) is 0.664. The van der Waals surface area contributed by atoms with Crippen LogP contribution in [0.1, 0.15) is 48.7 Å². The minimum absolute atomic E-state index is 0.00400. The van der Waals surface area contributed by atoms with Gasteiger partial charge in [0.05, 0.1) is 6.04 Å². The van der Waals surface area contributed by atoms with Crippen molar-refractivity contribution < 1.29 is 14.3 Å². The maximum Gasteiger partial charge on any atom is 0.261 e. The number of carbonyl (C=O) groups excluding carboxylic acids is 2. The third-order valence-electron chi connectivity index (χ3n) is 4.62. The molecule has 0 spiro atoms. The molecule has 1 aliphatic carbocycles. The molecule has 0 aliphatic heterocycles. The van der Waals surface area contributed by atoms with Crippen molar-refractivity contribution in [2.24, 2.45) is 0 Å². The summed E-state index contributed by atoms with van der Waals surface area (Å²) >= 11 is 5.96. The first kappa shape index (κ1) is 18.5. The van der Waals surface area contributed by atoms with Crippen molar-refractivity contribution in [2.45, 2.75) is 38.8 Å². The lowest BCUT2D eigenvalue weighted by Gasteiger charge is -2.30. The summed E-state index contributed by atoms with van der Waals surface area (Å²) in [4.78, 5) is 26.0. The van der Waals surface area contributed by atoms with E-state index in [0.717, 1.165) is 18.4 Å². The zero-order valence-electron chi connectivity index (χ0n) is 14.9. The molecular formula is C21H22ClNO3. The third-order valence-corrected chi connectivity index (χ3v) is 4.87. The molecule has 1 aliphatic rings. The topological polar surface area (TPSA) is 46.6 Å². The molecule has 0 bridgehead atoms. The number of rotatable bonds is 7. The molecule has 0 aromatic heterocycles. The summed E-state index contributed by atoms with van der Waals surface area (Å²) in [6, 6.07) is 14.7. The van der Waals surface area contributed by atoms with Crippen molar-refractivity contribution in [2.75, 3.05) is 6.61 Å². The van der Waals surface area contributed by atoms with Gasteiger partial charge in [0, 0.05) is 16.6 Å². The van der Waals surface area contributed by atoms with E-state index in [1.54, 1.807) is 24.3 Å². The highest BCUT2D eigenvalue weighted by atomic mass is 35.5. The standard InChI is InChI=1S/C21H22ClNO3/c1-14(16-3-7-18(22)8-4-16)23(19-9-10-19)21(25)13-26-20-11-5-17(6-12-20)15(2)24/h3-8,11-12,14,19H,9-10,13H2,1-2H3. The first-order valence-corrected chi connectivity index (χ1v) is 9.14. The number of hydrogen-bond acceptors (Lipinski definition) is 3. The Morgan fingerprint density at radius 2 is 1.73 bits per heavy atom. The molecule has 4 nitrogen and oxygen atoms in total. The van der Waals surface area contributed by atoms with Crippen LogP contribution < -0.4 is 4.74 Å². The van der Waals surface area contributed by atoms with Gasteiger partial charge in [0.15, 0.2) is 12.4 Å². The monoisotopic (exact) mass is 371 g/mol. The van der Waals surface area contributed by atoms with E-state index in [1.165, 1.54) is 6.92 Å². The number of ether oxygens (including phenoxy) is 1. The van der Waals surface area contributed by atoms with Crippen molar-refractivity contribution in [3.63, 3.8) is 0 Å². The molecule has 3 rings (SSSR count). The maximum atomic E-state index is 12.8. The van der Waals surface area contributed by atoms with Crippen molar-refractivity contribution in [3.05, 3.63) is 64.7 Å². The number of halogens is 1. The fourth-order valence-corrected chi connectivity index (χ4v) is 3.12. The molecule has 0 saturated heterocycles. The second kappa shape index (κ2) is 7.92. The Hall–Kier alpha value is -2.33. The number of benzene rings is 2. The van der Waals surface area contributed by atoms with Gasteiger partial charge in [0.25, 0.3) is 5.91 Å². The van der Waals surface area contributed by atoms with Gasteiger partial charge in [0.1, 0.15) is 5.75 Å². The zero-order chi connectivity index (χ0) is 18.7. The van der Waals surface area contributed by atoms with Crippen LogP contribution in [0.5, 0.6) is 5.75 Å². The highest BCUT2D eigenvalue weighted by Gasteiger charge is 2.36. The minimum Gasteiger partial charge on any atom is -0.484 e. The molecule has 5 heteroatoms. The van der Waals surface area contributed by atoms with Crippen LogP contribution >= 0.6 is 11.6 Å². The van der Waals surface area contributed by atoms with Gasteiger partial charge in [0.2, 0.25) is 0 Å². The van der Waals surface area contributed by atoms with Crippen LogP contribution in [0.2, 0.25) is 5.02 Å². The highest BCUT2D eigenvalue weighted by molar-refractivity contribution is 6.30. The first-order valence-electron chi connectivity index (χ1n) is 8.76. The molecule has 2 aromatic rings. The Labute approximate surface area is 158 Å². The molecule has 0 radical (unpaired) electrons. The number of amides is 1. The van der Waals surface area contributed by atoms with Crippen LogP contribution in [0.3, 0.4) is 0 Å². The minimum atomic E-state index is -0.0365. The van der Waals surface area contributed by atoms with Gasteiger partial charge >= 0.3 is 0 Å². The van der Waals surface area contributed by atoms with Gasteiger partial charge in [-0.15, -0.1) is 0 Å². The Kier molecular flexibility index (Phi) is 5.62. The van der Waals surface area contributed by atoms with Gasteiger partial charge in [-0.1, -0.05) is 23.7 Å². The summed E-state index contributed by atoms with van der Waals surface area (Å²) < 4.78 is 5.64. The Morgan fingerprint density at radius 3 is 2.27 bits per heavy atom. The molecular weight excluding hydrogens is 350 g/mol. The number of Topliss-reactive ketones (excluding diaryl/α,β-unsaturated/α-hetero) is 1. The summed E-state index contributed by atoms with van der Waals surface area (Å²) in [5.41, 5.74) is 1.68. The lowest BCUT2D eigenvalue weighted by atomic mass is 10.1. The number of carbonyl (C=O) groups is 2. The maximum absolute atomic E-state index is 12.8. The molecule has 1 atom stereocenters. The van der Waals surface area contributed by atoms with Gasteiger partial charge in [-0.05, 0) is 68.7 Å². The van der Waals surface area contributed by atoms with E-state index in [4.69, 9.17) is 16.3 Å². The predicted molar refractivity (Wildman–Crippen MR) is 102 cm³/mol. The first-order chi connectivity index (χ1) is 12.5. The summed E-state index contributed by atoms with van der Waals surface area (Å²) in [6.45, 7) is 3.53. The summed E-state index contributed by atoms with van der Waals surface area (Å²) in [6.07, 6.45) is 2.05. The van der Waals surface area contributed by atoms with E-state index in [0.29, 0.717) is 16.3 Å². The van der Waals surface area contributed by atoms with E-state index in [-0.39, 0.29) is 30.4 Å². The molecule has 1 fully saturated rings. The van der Waals surface area contributed by atoms with Gasteiger partial charge in [-0.3, -0.25) is 9.59 Å². The van der Waals surface area contributed by atoms with E-state index in [2.05, 4.69) is 0 Å². The molecule has 2 aromatic carbocycles. The molecule has 0 heterocycles. The number of hydrogen-bond donors (Lipinski definition) is 0. The van der Waals surface area contributed by atoms with Crippen LogP contribution in [0.25, 0.3) is 0 Å². The molecule has 26 heavy (non-hydrogen) atoms. The SMILES string of the molecule is CC(=O)c1ccc(OCC(=O)N(C2CC2)C(C)c2ccc(Cl)cc2)cc1. The highest BCUT2D eigenvalue weighted by Crippen LogP contribution is 2.34. The summed E-state index contributed by atoms with van der Waals surface area (Å²) in [5, 5.41) is 0.683. The molecule has 1 amide bonds. The number of ketones is 1. The molecule has 1 saturated carbocycles. The lowest BCUT2D eigenvalue weighted by Crippen LogP contribution is -2.38. The van der Waals surface area contributed by atoms with Gasteiger partial charge in [-0.25, -0.2) is 0 Å². The van der Waals surface area contributed by atoms with Gasteiger partial charge < -0.3 is 9.64 Å². The zero-order valence-corrected chi connectivity index (χ0v) is 15.7. The average molecular weight is 372 g/mol. The van der Waals surface area contributed by atoms with E-state index < -0.39 is 0 Å². The second-order valence-electron chi connectivity index (χ2n) is 6.63. The van der Waals surface area contributed by atoms with Crippen LogP contribution in [0.4, 0.5) is 0 Å². The molecule has 136 valence electrons. The lowest BCUT2D eigenvalue weighted by molar-refractivity contribution is -0.136. The smallest absolute Gasteiger partial charge is 0.261 e. The Morgan fingerprint density at radius 1 is 1.12 bits per heavy atom. The van der Waals surface area contributed by atoms with Crippen LogP contribution in [0, 0.1) is 0 Å². The van der Waals surface area contributed by atoms with Crippen molar-refractivity contribution in [1.29, 1.82) is 0 Å². The predicted octanol–water partition coefficient (Wildman–Crippen LogP) is 4.67. The normalized spacial score (nSPS) is 14.6. The summed E-state index contributed by atoms with van der Waals surface area (Å²) in [7, 11) is 0. The average Bonchev–Trinajstić information content (AvgIpc) is 3.46. The van der Waals surface area contributed by atoms with Crippen LogP contribution in [-0.2, 0) is 4.79 Å². The van der Waals surface area contributed by atoms with Crippen molar-refractivity contribution in [1.82, 2.24) is 4.90 Å². The Bertz CT molecular complexity index is 782. The number of nitrogens with zero attached hydrogens (tertiary/aromatic N) is 1. The largest absolute Gasteiger partial charge is 0.484 e. The van der Waals surface area contributed by atoms with Crippen molar-refractivity contribution in [3.8, 4) is 5.75 Å². The van der Waals surface area contributed by atoms with E-state index >= 15 is 0 Å². The Balaban J connectivity index is 1.65. The van der Waals surface area contributed by atoms with E-state index in [1.807, 2.05) is 36.1 Å². The van der Waals surface area contributed by atoms with Crippen molar-refractivity contribution >= 4 is 23.3 Å². The third kappa shape index (κ3) is 4.44. The van der Waals surface area contributed by atoms with Crippen LogP contribution in [0.15, 0.2) is 48.5 Å². The second-order valence-corrected chi connectivity index (χ2v) is 7.07. The fraction of sp³-hybridized carbons (Fsp3) is 0.333. The molecule has 1 unspecified atom stereocenters. The van der Waals surface area contributed by atoms with Crippen LogP contribution in [-0.4, -0.2) is 29.2 Å². The van der Waals surface area contributed by atoms with E-state index in [9.17, 15) is 9.59 Å². The molecule has 0 N–H and O–H groups in total.